The Bertz CT molecular complexity index is 622. The highest BCUT2D eigenvalue weighted by atomic mass is 127. The predicted octanol–water partition coefficient (Wildman–Crippen LogP) is 2.95. The zero-order valence-corrected chi connectivity index (χ0v) is 16.0. The molecule has 2 aromatic rings. The van der Waals surface area contributed by atoms with Crippen LogP contribution in [0, 0.1) is 5.82 Å². The fourth-order valence-corrected chi connectivity index (χ4v) is 1.86. The smallest absolute Gasteiger partial charge is 0.191 e. The predicted molar refractivity (Wildman–Crippen MR) is 101 cm³/mol. The van der Waals surface area contributed by atoms with E-state index in [2.05, 4.69) is 20.8 Å². The average Bonchev–Trinajstić information content (AvgIpc) is 3.06. The van der Waals surface area contributed by atoms with Crippen molar-refractivity contribution < 1.29 is 13.7 Å². The molecule has 0 saturated heterocycles. The minimum Gasteiger partial charge on any atom is -0.486 e. The lowest BCUT2D eigenvalue weighted by molar-refractivity contribution is 0.214. The first-order valence-electron chi connectivity index (χ1n) is 7.51. The number of rotatable bonds is 7. The van der Waals surface area contributed by atoms with E-state index in [4.69, 9.17) is 9.26 Å². The van der Waals surface area contributed by atoms with Crippen LogP contribution in [0.3, 0.4) is 0 Å². The number of nitrogens with one attached hydrogen (secondary N) is 2. The normalized spacial score (nSPS) is 12.2. The zero-order valence-electron chi connectivity index (χ0n) is 13.7. The van der Waals surface area contributed by atoms with Gasteiger partial charge in [-0.3, -0.25) is 0 Å². The number of aromatic nitrogens is 1. The highest BCUT2D eigenvalue weighted by Gasteiger charge is 2.09. The Kier molecular flexibility index (Phi) is 9.13. The summed E-state index contributed by atoms with van der Waals surface area (Å²) in [5.74, 6) is 0.511. The lowest BCUT2D eigenvalue weighted by Gasteiger charge is -2.17. The third kappa shape index (κ3) is 6.73. The van der Waals surface area contributed by atoms with Gasteiger partial charge < -0.3 is 19.9 Å². The van der Waals surface area contributed by atoms with Gasteiger partial charge in [-0.2, -0.15) is 0 Å². The number of para-hydroxylation sites is 1. The quantitative estimate of drug-likeness (QED) is 0.387. The summed E-state index contributed by atoms with van der Waals surface area (Å²) in [7, 11) is 0. The second kappa shape index (κ2) is 10.8. The number of hydrogen-bond acceptors (Lipinski definition) is 4. The summed E-state index contributed by atoms with van der Waals surface area (Å²) in [6, 6.07) is 8.11. The molecule has 0 amide bonds. The summed E-state index contributed by atoms with van der Waals surface area (Å²) in [4.78, 5) is 4.39. The van der Waals surface area contributed by atoms with E-state index in [0.717, 1.165) is 12.2 Å². The van der Waals surface area contributed by atoms with Crippen molar-refractivity contribution >= 4 is 29.9 Å². The lowest BCUT2D eigenvalue weighted by Crippen LogP contribution is -2.41. The molecule has 0 spiro atoms. The first-order valence-corrected chi connectivity index (χ1v) is 7.51. The van der Waals surface area contributed by atoms with Gasteiger partial charge in [0.15, 0.2) is 17.5 Å². The van der Waals surface area contributed by atoms with Crippen molar-refractivity contribution in [1.29, 1.82) is 0 Å². The Morgan fingerprint density at radius 2 is 2.12 bits per heavy atom. The largest absolute Gasteiger partial charge is 0.486 e. The minimum atomic E-state index is -0.369. The molecule has 1 atom stereocenters. The molecule has 2 rings (SSSR count). The molecule has 1 aromatic carbocycles. The van der Waals surface area contributed by atoms with E-state index in [1.165, 1.54) is 12.3 Å². The van der Waals surface area contributed by atoms with Gasteiger partial charge in [0.1, 0.15) is 18.1 Å². The first kappa shape index (κ1) is 20.2. The Labute approximate surface area is 157 Å². The second-order valence-corrected chi connectivity index (χ2v) is 4.93. The van der Waals surface area contributed by atoms with E-state index in [1.807, 2.05) is 13.8 Å². The van der Waals surface area contributed by atoms with E-state index in [0.29, 0.717) is 19.0 Å². The Morgan fingerprint density at radius 1 is 1.33 bits per heavy atom. The molecule has 1 aromatic heterocycles. The van der Waals surface area contributed by atoms with Gasteiger partial charge in [-0.05, 0) is 26.0 Å². The maximum Gasteiger partial charge on any atom is 0.191 e. The summed E-state index contributed by atoms with van der Waals surface area (Å²) in [5, 5.41) is 10.1. The maximum absolute atomic E-state index is 13.6. The molecule has 0 bridgehead atoms. The molecule has 2 N–H and O–H groups in total. The maximum atomic E-state index is 13.6. The Balaban J connectivity index is 0.00000288. The molecule has 0 aliphatic carbocycles. The van der Waals surface area contributed by atoms with Crippen LogP contribution in [0.15, 0.2) is 46.1 Å². The fraction of sp³-hybridized carbons (Fsp3) is 0.375. The molecule has 0 radical (unpaired) electrons. The van der Waals surface area contributed by atoms with Crippen molar-refractivity contribution in [2.24, 2.45) is 4.99 Å². The van der Waals surface area contributed by atoms with Crippen molar-refractivity contribution in [3.8, 4) is 5.75 Å². The van der Waals surface area contributed by atoms with Gasteiger partial charge in [0.05, 0.1) is 13.1 Å². The molecule has 1 unspecified atom stereocenters. The first-order chi connectivity index (χ1) is 11.2. The number of nitrogens with zero attached hydrogens (tertiary/aromatic N) is 2. The van der Waals surface area contributed by atoms with Crippen LogP contribution in [-0.4, -0.2) is 30.3 Å². The van der Waals surface area contributed by atoms with Gasteiger partial charge in [0.2, 0.25) is 0 Å². The molecule has 0 fully saturated rings. The number of hydrogen-bond donors (Lipinski definition) is 2. The lowest BCUT2D eigenvalue weighted by atomic mass is 10.3. The average molecular weight is 448 g/mol. The molecule has 6 nitrogen and oxygen atoms in total. The van der Waals surface area contributed by atoms with Crippen molar-refractivity contribution in [3.63, 3.8) is 0 Å². The molecule has 0 saturated carbocycles. The van der Waals surface area contributed by atoms with Gasteiger partial charge in [0.25, 0.3) is 0 Å². The molecule has 24 heavy (non-hydrogen) atoms. The molecular weight excluding hydrogens is 426 g/mol. The van der Waals surface area contributed by atoms with Gasteiger partial charge in [0, 0.05) is 12.6 Å². The molecule has 132 valence electrons. The number of aliphatic imine (C=N–C) groups is 1. The van der Waals surface area contributed by atoms with Gasteiger partial charge in [-0.25, -0.2) is 9.38 Å². The van der Waals surface area contributed by atoms with Crippen LogP contribution in [0.1, 0.15) is 19.5 Å². The van der Waals surface area contributed by atoms with Crippen molar-refractivity contribution in [2.45, 2.75) is 26.5 Å². The zero-order chi connectivity index (χ0) is 16.5. The Hall–Kier alpha value is -1.84. The SMILES string of the molecule is CCNC(=NCc1ccon1)NCC(C)Oc1ccccc1F.I. The molecule has 8 heteroatoms. The van der Waals surface area contributed by atoms with Crippen LogP contribution >= 0.6 is 24.0 Å². The van der Waals surface area contributed by atoms with Crippen LogP contribution in [0.25, 0.3) is 0 Å². The van der Waals surface area contributed by atoms with Crippen molar-refractivity contribution in [2.75, 3.05) is 13.1 Å². The van der Waals surface area contributed by atoms with E-state index < -0.39 is 0 Å². The van der Waals surface area contributed by atoms with E-state index in [9.17, 15) is 4.39 Å². The summed E-state index contributed by atoms with van der Waals surface area (Å²) < 4.78 is 23.9. The Morgan fingerprint density at radius 3 is 2.79 bits per heavy atom. The van der Waals surface area contributed by atoms with E-state index in [1.54, 1.807) is 24.3 Å². The van der Waals surface area contributed by atoms with Gasteiger partial charge in [-0.1, -0.05) is 17.3 Å². The summed E-state index contributed by atoms with van der Waals surface area (Å²) in [6.45, 7) is 5.47. The third-order valence-electron chi connectivity index (χ3n) is 2.96. The summed E-state index contributed by atoms with van der Waals surface area (Å²) in [5.41, 5.74) is 0.748. The highest BCUT2D eigenvalue weighted by Crippen LogP contribution is 2.16. The number of guanidine groups is 1. The number of halogens is 2. The number of benzene rings is 1. The monoisotopic (exact) mass is 448 g/mol. The van der Waals surface area contributed by atoms with Crippen LogP contribution in [0.2, 0.25) is 0 Å². The van der Waals surface area contributed by atoms with Crippen molar-refractivity contribution in [1.82, 2.24) is 15.8 Å². The van der Waals surface area contributed by atoms with E-state index >= 15 is 0 Å². The van der Waals surface area contributed by atoms with E-state index in [-0.39, 0.29) is 41.6 Å². The van der Waals surface area contributed by atoms with Gasteiger partial charge >= 0.3 is 0 Å². The molecule has 0 aliphatic rings. The fourth-order valence-electron chi connectivity index (χ4n) is 1.86. The minimum absolute atomic E-state index is 0. The molecule has 1 heterocycles. The summed E-state index contributed by atoms with van der Waals surface area (Å²) >= 11 is 0. The van der Waals surface area contributed by atoms with Crippen LogP contribution in [-0.2, 0) is 6.54 Å². The van der Waals surface area contributed by atoms with Crippen LogP contribution < -0.4 is 15.4 Å². The molecule has 0 aliphatic heterocycles. The van der Waals surface area contributed by atoms with Crippen molar-refractivity contribution in [3.05, 3.63) is 48.1 Å². The standard InChI is InChI=1S/C16H21FN4O2.HI/c1-3-18-16(20-11-13-8-9-22-21-13)19-10-12(2)23-15-7-5-4-6-14(15)17;/h4-9,12H,3,10-11H2,1-2H3,(H2,18,19,20);1H. The highest BCUT2D eigenvalue weighted by molar-refractivity contribution is 14.0. The van der Waals surface area contributed by atoms with Crippen LogP contribution in [0.4, 0.5) is 4.39 Å². The van der Waals surface area contributed by atoms with Crippen LogP contribution in [0.5, 0.6) is 5.75 Å². The second-order valence-electron chi connectivity index (χ2n) is 4.93. The summed E-state index contributed by atoms with van der Waals surface area (Å²) in [6.07, 6.45) is 1.29. The number of ether oxygens (including phenoxy) is 1. The molecular formula is C16H22FIN4O2. The topological polar surface area (TPSA) is 71.7 Å². The van der Waals surface area contributed by atoms with Gasteiger partial charge in [-0.15, -0.1) is 24.0 Å². The third-order valence-corrected chi connectivity index (χ3v) is 2.96.